The molecule has 1 N–H and O–H groups in total. The summed E-state index contributed by atoms with van der Waals surface area (Å²) in [5.41, 5.74) is 2.31. The molecule has 1 aromatic heterocycles. The highest BCUT2D eigenvalue weighted by atomic mass is 32.2. The first-order valence-electron chi connectivity index (χ1n) is 11.2. The molecule has 0 aliphatic heterocycles. The van der Waals surface area contributed by atoms with Crippen molar-refractivity contribution in [2.75, 3.05) is 19.5 Å². The molecule has 35 heavy (non-hydrogen) atoms. The Balaban J connectivity index is 1.97. The third-order valence-electron chi connectivity index (χ3n) is 5.65. The molecule has 1 aliphatic carbocycles. The fraction of sp³-hybridized carbons (Fsp3) is 0.500. The second kappa shape index (κ2) is 11.8. The van der Waals surface area contributed by atoms with E-state index in [1.54, 1.807) is 30.3 Å². The molecular formula is C22H28N4O8S. The fourth-order valence-electron chi connectivity index (χ4n) is 3.99. The average molecular weight is 509 g/mol. The fourth-order valence-corrected chi connectivity index (χ4v) is 4.62. The summed E-state index contributed by atoms with van der Waals surface area (Å²) in [6.45, 7) is -0.799. The summed E-state index contributed by atoms with van der Waals surface area (Å²) >= 11 is 0. The van der Waals surface area contributed by atoms with Crippen molar-refractivity contribution in [2.45, 2.75) is 55.9 Å². The van der Waals surface area contributed by atoms with Gasteiger partial charge < -0.3 is 14.8 Å². The maximum Gasteiger partial charge on any atom is 0.344 e. The molecule has 0 saturated heterocycles. The van der Waals surface area contributed by atoms with Crippen molar-refractivity contribution in [2.24, 2.45) is 5.16 Å². The van der Waals surface area contributed by atoms with E-state index in [0.717, 1.165) is 49.6 Å². The molecular weight excluding hydrogens is 480 g/mol. The van der Waals surface area contributed by atoms with Gasteiger partial charge in [0.25, 0.3) is 5.09 Å². The summed E-state index contributed by atoms with van der Waals surface area (Å²) < 4.78 is 25.6. The number of benzene rings is 1. The first-order chi connectivity index (χ1) is 16.6. The number of sulfone groups is 1. The number of aromatic nitrogens is 2. The highest BCUT2D eigenvalue weighted by Crippen LogP contribution is 2.33. The molecule has 0 amide bonds. The Bertz CT molecular complexity index is 1170. The predicted molar refractivity (Wildman–Crippen MR) is 125 cm³/mol. The van der Waals surface area contributed by atoms with Crippen LogP contribution in [0.2, 0.25) is 0 Å². The molecule has 0 spiro atoms. The van der Waals surface area contributed by atoms with Crippen LogP contribution < -0.4 is 0 Å². The van der Waals surface area contributed by atoms with Crippen molar-refractivity contribution in [3.63, 3.8) is 0 Å². The minimum absolute atomic E-state index is 0.140. The van der Waals surface area contributed by atoms with E-state index in [4.69, 9.17) is 15.0 Å². The molecule has 2 aromatic rings. The van der Waals surface area contributed by atoms with Gasteiger partial charge in [-0.25, -0.2) is 13.2 Å². The highest BCUT2D eigenvalue weighted by molar-refractivity contribution is 7.90. The Morgan fingerprint density at radius 1 is 1.26 bits per heavy atom. The van der Waals surface area contributed by atoms with Crippen LogP contribution in [0.15, 0.2) is 40.4 Å². The molecule has 1 fully saturated rings. The maximum atomic E-state index is 11.9. The van der Waals surface area contributed by atoms with Gasteiger partial charge in [-0.2, -0.15) is 5.10 Å². The van der Waals surface area contributed by atoms with Crippen molar-refractivity contribution in [3.8, 4) is 11.3 Å². The van der Waals surface area contributed by atoms with Gasteiger partial charge in [0, 0.05) is 6.26 Å². The Kier molecular flexibility index (Phi) is 8.79. The summed E-state index contributed by atoms with van der Waals surface area (Å²) in [6.07, 6.45) is 6.75. The lowest BCUT2D eigenvalue weighted by atomic mass is 9.95. The number of rotatable bonds is 12. The number of oxime groups is 1. The largest absolute Gasteiger partial charge is 0.479 e. The summed E-state index contributed by atoms with van der Waals surface area (Å²) in [6, 6.07) is 8.46. The van der Waals surface area contributed by atoms with E-state index in [9.17, 15) is 23.3 Å². The van der Waals surface area contributed by atoms with Crippen LogP contribution in [0.4, 0.5) is 0 Å². The normalized spacial score (nSPS) is 15.1. The van der Waals surface area contributed by atoms with E-state index >= 15 is 0 Å². The number of hydrogen-bond donors (Lipinski definition) is 1. The second-order valence-electron chi connectivity index (χ2n) is 8.31. The molecule has 190 valence electrons. The standard InChI is InChI=1S/C22H28N4O8S/c1-35(31,32)18-11-9-16(10-12-18)21-14-20(23-25(21)17-6-3-2-4-7-17)19(24-33-15-22(27)28)8-5-13-34-26(29)30/h9-12,14,17H,2-8,13,15H2,1H3,(H,27,28)/b24-19+. The molecule has 3 rings (SSSR count). The quantitative estimate of drug-likeness (QED) is 0.196. The third kappa shape index (κ3) is 7.50. The SMILES string of the molecule is CS(=O)(=O)c1ccc(-c2cc(/C(CCCO[N+](=O)[O-])=N/OCC(=O)O)nn2C2CCCCC2)cc1. The molecule has 1 aliphatic rings. The van der Waals surface area contributed by atoms with Crippen molar-refractivity contribution in [3.05, 3.63) is 46.1 Å². The lowest BCUT2D eigenvalue weighted by Gasteiger charge is -2.24. The lowest BCUT2D eigenvalue weighted by molar-refractivity contribution is -0.757. The molecule has 0 atom stereocenters. The molecule has 1 heterocycles. The summed E-state index contributed by atoms with van der Waals surface area (Å²) in [5.74, 6) is -1.19. The Labute approximate surface area is 202 Å². The van der Waals surface area contributed by atoms with Crippen LogP contribution in [0.25, 0.3) is 11.3 Å². The first kappa shape index (κ1) is 26.1. The number of carbonyl (C=O) groups is 1. The van der Waals surface area contributed by atoms with E-state index in [1.165, 1.54) is 0 Å². The summed E-state index contributed by atoms with van der Waals surface area (Å²) in [5, 5.41) is 27.1. The second-order valence-corrected chi connectivity index (χ2v) is 10.3. The number of nitrogens with zero attached hydrogens (tertiary/aromatic N) is 4. The van der Waals surface area contributed by atoms with Gasteiger partial charge in [0.1, 0.15) is 11.4 Å². The number of aliphatic carboxylic acids is 1. The van der Waals surface area contributed by atoms with E-state index in [0.29, 0.717) is 11.4 Å². The van der Waals surface area contributed by atoms with Crippen molar-refractivity contribution in [1.82, 2.24) is 9.78 Å². The molecule has 0 radical (unpaired) electrons. The summed E-state index contributed by atoms with van der Waals surface area (Å²) in [7, 11) is -3.34. The van der Waals surface area contributed by atoms with Gasteiger partial charge in [0.15, 0.2) is 9.84 Å². The van der Waals surface area contributed by atoms with E-state index < -0.39 is 27.5 Å². The number of hydrogen-bond acceptors (Lipinski definition) is 9. The molecule has 12 nitrogen and oxygen atoms in total. The van der Waals surface area contributed by atoms with Crippen LogP contribution in [0, 0.1) is 10.1 Å². The van der Waals surface area contributed by atoms with Crippen LogP contribution in [-0.4, -0.2) is 59.5 Å². The van der Waals surface area contributed by atoms with Crippen LogP contribution in [0.3, 0.4) is 0 Å². The topological polar surface area (TPSA) is 163 Å². The van der Waals surface area contributed by atoms with Crippen molar-refractivity contribution in [1.29, 1.82) is 0 Å². The van der Waals surface area contributed by atoms with Crippen LogP contribution >= 0.6 is 0 Å². The maximum absolute atomic E-state index is 11.9. The van der Waals surface area contributed by atoms with Gasteiger partial charge in [0.05, 0.1) is 23.2 Å². The molecule has 1 saturated carbocycles. The van der Waals surface area contributed by atoms with Crippen LogP contribution in [0.5, 0.6) is 0 Å². The van der Waals surface area contributed by atoms with Gasteiger partial charge in [-0.05, 0) is 49.4 Å². The van der Waals surface area contributed by atoms with E-state index in [-0.39, 0.29) is 30.4 Å². The van der Waals surface area contributed by atoms with Gasteiger partial charge in [-0.3, -0.25) is 4.68 Å². The first-order valence-corrected chi connectivity index (χ1v) is 13.1. The third-order valence-corrected chi connectivity index (χ3v) is 6.78. The van der Waals surface area contributed by atoms with Crippen LogP contribution in [0.1, 0.15) is 56.7 Å². The Hall–Kier alpha value is -3.48. The van der Waals surface area contributed by atoms with Gasteiger partial charge in [0.2, 0.25) is 6.61 Å². The lowest BCUT2D eigenvalue weighted by Crippen LogP contribution is -2.16. The Morgan fingerprint density at radius 3 is 2.54 bits per heavy atom. The minimum atomic E-state index is -3.34. The van der Waals surface area contributed by atoms with Crippen LogP contribution in [-0.2, 0) is 24.3 Å². The number of carboxylic acids is 1. The molecule has 1 aromatic carbocycles. The highest BCUT2D eigenvalue weighted by Gasteiger charge is 2.23. The van der Waals surface area contributed by atoms with Gasteiger partial charge in [-0.1, -0.05) is 36.6 Å². The van der Waals surface area contributed by atoms with E-state index in [1.807, 2.05) is 4.68 Å². The van der Waals surface area contributed by atoms with Crippen molar-refractivity contribution < 1.29 is 33.1 Å². The Morgan fingerprint density at radius 2 is 1.94 bits per heavy atom. The van der Waals surface area contributed by atoms with Crippen molar-refractivity contribution >= 4 is 21.5 Å². The molecule has 0 bridgehead atoms. The van der Waals surface area contributed by atoms with E-state index in [2.05, 4.69) is 9.99 Å². The zero-order chi connectivity index (χ0) is 25.4. The smallest absolute Gasteiger partial charge is 0.344 e. The molecule has 0 unspecified atom stereocenters. The van der Waals surface area contributed by atoms with Gasteiger partial charge in [-0.15, -0.1) is 10.1 Å². The average Bonchev–Trinajstić information content (AvgIpc) is 3.26. The number of carboxylic acid groups (broad SMARTS) is 1. The summed E-state index contributed by atoms with van der Waals surface area (Å²) in [4.78, 5) is 30.8. The zero-order valence-corrected chi connectivity index (χ0v) is 20.1. The predicted octanol–water partition coefficient (Wildman–Crippen LogP) is 3.25. The zero-order valence-electron chi connectivity index (χ0n) is 19.3. The minimum Gasteiger partial charge on any atom is -0.479 e. The van der Waals surface area contributed by atoms with Gasteiger partial charge >= 0.3 is 5.97 Å². The molecule has 13 heteroatoms. The monoisotopic (exact) mass is 508 g/mol.